The summed E-state index contributed by atoms with van der Waals surface area (Å²) < 4.78 is 38.4. The van der Waals surface area contributed by atoms with Gasteiger partial charge in [-0.1, -0.05) is 6.07 Å². The number of nitrogens with zero attached hydrogens (tertiary/aromatic N) is 2. The normalized spacial score (nSPS) is 11.8. The summed E-state index contributed by atoms with van der Waals surface area (Å²) >= 11 is 0. The van der Waals surface area contributed by atoms with E-state index in [1.165, 1.54) is 12.1 Å². The van der Waals surface area contributed by atoms with Gasteiger partial charge in [-0.2, -0.15) is 13.2 Å². The van der Waals surface area contributed by atoms with Gasteiger partial charge in [0.15, 0.2) is 11.6 Å². The molecule has 0 spiro atoms. The fourth-order valence-corrected chi connectivity index (χ4v) is 1.56. The van der Waals surface area contributed by atoms with Crippen LogP contribution >= 0.6 is 0 Å². The zero-order valence-corrected chi connectivity index (χ0v) is 9.25. The van der Waals surface area contributed by atoms with Crippen LogP contribution < -0.4 is 5.73 Å². The van der Waals surface area contributed by atoms with Crippen LogP contribution in [0.1, 0.15) is 23.1 Å². The summed E-state index contributed by atoms with van der Waals surface area (Å²) in [6.45, 7) is 1.16. The Bertz CT molecular complexity index is 637. The van der Waals surface area contributed by atoms with Gasteiger partial charge in [-0.15, -0.1) is 0 Å². The molecule has 0 amide bonds. The molecule has 0 saturated heterocycles. The molecule has 94 valence electrons. The standard InChI is InChI=1S/C11H8F3N3O/c1-5(18)10-16-8-6(9(15)17-10)3-2-4-7(8)11(12,13)14/h2-4H,1H3,(H2,15,16,17). The quantitative estimate of drug-likeness (QED) is 0.794. The van der Waals surface area contributed by atoms with Crippen molar-refractivity contribution >= 4 is 22.5 Å². The Morgan fingerprint density at radius 2 is 1.94 bits per heavy atom. The predicted octanol–water partition coefficient (Wildman–Crippen LogP) is 2.43. The van der Waals surface area contributed by atoms with E-state index < -0.39 is 17.5 Å². The van der Waals surface area contributed by atoms with Gasteiger partial charge in [0.05, 0.1) is 11.1 Å². The van der Waals surface area contributed by atoms with E-state index in [2.05, 4.69) is 9.97 Å². The summed E-state index contributed by atoms with van der Waals surface area (Å²) in [5.41, 5.74) is 4.24. The number of anilines is 1. The van der Waals surface area contributed by atoms with Gasteiger partial charge < -0.3 is 5.73 Å². The van der Waals surface area contributed by atoms with Gasteiger partial charge in [0.1, 0.15) is 5.82 Å². The van der Waals surface area contributed by atoms with Crippen LogP contribution in [0.2, 0.25) is 0 Å². The summed E-state index contributed by atoms with van der Waals surface area (Å²) in [7, 11) is 0. The summed E-state index contributed by atoms with van der Waals surface area (Å²) in [6.07, 6.45) is -4.56. The third-order valence-electron chi connectivity index (χ3n) is 2.38. The largest absolute Gasteiger partial charge is 0.418 e. The molecule has 0 aliphatic carbocycles. The minimum Gasteiger partial charge on any atom is -0.383 e. The molecule has 18 heavy (non-hydrogen) atoms. The first-order valence-corrected chi connectivity index (χ1v) is 4.95. The predicted molar refractivity (Wildman–Crippen MR) is 59.0 cm³/mol. The molecule has 1 aromatic carbocycles. The van der Waals surface area contributed by atoms with Crippen molar-refractivity contribution in [2.45, 2.75) is 13.1 Å². The second-order valence-corrected chi connectivity index (χ2v) is 3.69. The van der Waals surface area contributed by atoms with Gasteiger partial charge in [-0.25, -0.2) is 9.97 Å². The highest BCUT2D eigenvalue weighted by Crippen LogP contribution is 2.34. The molecule has 4 nitrogen and oxygen atoms in total. The molecule has 0 saturated carbocycles. The second kappa shape index (κ2) is 3.94. The maximum absolute atomic E-state index is 12.8. The number of fused-ring (bicyclic) bond motifs is 1. The lowest BCUT2D eigenvalue weighted by Gasteiger charge is -2.10. The van der Waals surface area contributed by atoms with Crippen LogP contribution in [0.3, 0.4) is 0 Å². The topological polar surface area (TPSA) is 68.9 Å². The van der Waals surface area contributed by atoms with Crippen LogP contribution in [-0.2, 0) is 6.18 Å². The van der Waals surface area contributed by atoms with Gasteiger partial charge in [0.2, 0.25) is 0 Å². The van der Waals surface area contributed by atoms with Gasteiger partial charge in [0.25, 0.3) is 0 Å². The molecule has 7 heteroatoms. The third kappa shape index (κ3) is 1.99. The number of hydrogen-bond donors (Lipinski definition) is 1. The van der Waals surface area contributed by atoms with Crippen molar-refractivity contribution < 1.29 is 18.0 Å². The molecule has 0 bridgehead atoms. The van der Waals surface area contributed by atoms with E-state index >= 15 is 0 Å². The van der Waals surface area contributed by atoms with Crippen molar-refractivity contribution in [3.05, 3.63) is 29.6 Å². The maximum atomic E-state index is 12.8. The highest BCUT2D eigenvalue weighted by Gasteiger charge is 2.33. The number of nitrogen functional groups attached to an aromatic ring is 1. The van der Waals surface area contributed by atoms with Crippen LogP contribution in [0.4, 0.5) is 19.0 Å². The van der Waals surface area contributed by atoms with Crippen LogP contribution in [0.15, 0.2) is 18.2 Å². The Morgan fingerprint density at radius 1 is 1.28 bits per heavy atom. The van der Waals surface area contributed by atoms with E-state index in [1.54, 1.807) is 0 Å². The lowest BCUT2D eigenvalue weighted by molar-refractivity contribution is -0.136. The highest BCUT2D eigenvalue weighted by atomic mass is 19.4. The zero-order valence-electron chi connectivity index (χ0n) is 9.25. The van der Waals surface area contributed by atoms with Crippen molar-refractivity contribution in [2.24, 2.45) is 0 Å². The fraction of sp³-hybridized carbons (Fsp3) is 0.182. The molecule has 1 heterocycles. The third-order valence-corrected chi connectivity index (χ3v) is 2.38. The molecular formula is C11H8F3N3O. The average molecular weight is 255 g/mol. The van der Waals surface area contributed by atoms with E-state index in [9.17, 15) is 18.0 Å². The number of Topliss-reactive ketones (excluding diaryl/α,β-unsaturated/α-hetero) is 1. The molecule has 2 aromatic rings. The van der Waals surface area contributed by atoms with Crippen molar-refractivity contribution in [1.82, 2.24) is 9.97 Å². The number of hydrogen-bond acceptors (Lipinski definition) is 4. The van der Waals surface area contributed by atoms with Crippen molar-refractivity contribution in [3.63, 3.8) is 0 Å². The van der Waals surface area contributed by atoms with E-state index in [-0.39, 0.29) is 22.5 Å². The van der Waals surface area contributed by atoms with Gasteiger partial charge in [-0.05, 0) is 12.1 Å². The summed E-state index contributed by atoms with van der Waals surface area (Å²) in [6, 6.07) is 3.49. The number of aromatic nitrogens is 2. The minimum atomic E-state index is -4.56. The first-order valence-electron chi connectivity index (χ1n) is 4.95. The maximum Gasteiger partial charge on any atom is 0.418 e. The van der Waals surface area contributed by atoms with E-state index in [0.717, 1.165) is 13.0 Å². The van der Waals surface area contributed by atoms with Gasteiger partial charge in [-0.3, -0.25) is 4.79 Å². The Hall–Kier alpha value is -2.18. The number of carbonyl (C=O) groups is 1. The highest BCUT2D eigenvalue weighted by molar-refractivity contribution is 5.96. The summed E-state index contributed by atoms with van der Waals surface area (Å²) in [4.78, 5) is 18.5. The molecule has 0 aliphatic rings. The zero-order chi connectivity index (χ0) is 13.5. The molecule has 2 N–H and O–H groups in total. The molecule has 0 unspecified atom stereocenters. The number of halogens is 3. The van der Waals surface area contributed by atoms with Crippen molar-refractivity contribution in [1.29, 1.82) is 0 Å². The lowest BCUT2D eigenvalue weighted by Crippen LogP contribution is -2.11. The van der Waals surface area contributed by atoms with E-state index in [1.807, 2.05) is 0 Å². The second-order valence-electron chi connectivity index (χ2n) is 3.69. The molecule has 0 atom stereocenters. The molecule has 1 aromatic heterocycles. The van der Waals surface area contributed by atoms with E-state index in [0.29, 0.717) is 0 Å². The van der Waals surface area contributed by atoms with E-state index in [4.69, 9.17) is 5.73 Å². The number of nitrogens with two attached hydrogens (primary N) is 1. The van der Waals surface area contributed by atoms with Gasteiger partial charge >= 0.3 is 6.18 Å². The first kappa shape index (κ1) is 12.3. The lowest BCUT2D eigenvalue weighted by atomic mass is 10.1. The smallest absolute Gasteiger partial charge is 0.383 e. The van der Waals surface area contributed by atoms with Crippen molar-refractivity contribution in [2.75, 3.05) is 5.73 Å². The first-order chi connectivity index (χ1) is 8.30. The van der Waals surface area contributed by atoms with Gasteiger partial charge in [0, 0.05) is 12.3 Å². The number of benzene rings is 1. The Labute approximate surface area is 99.6 Å². The molecule has 2 rings (SSSR count). The van der Waals surface area contributed by atoms with Crippen LogP contribution in [0.5, 0.6) is 0 Å². The Morgan fingerprint density at radius 3 is 2.50 bits per heavy atom. The van der Waals surface area contributed by atoms with Crippen LogP contribution in [-0.4, -0.2) is 15.8 Å². The SMILES string of the molecule is CC(=O)c1nc(N)c2cccc(C(F)(F)F)c2n1. The fourth-order valence-electron chi connectivity index (χ4n) is 1.56. The summed E-state index contributed by atoms with van der Waals surface area (Å²) in [5.74, 6) is -1.01. The summed E-state index contributed by atoms with van der Waals surface area (Å²) in [5, 5.41) is 0.0785. The van der Waals surface area contributed by atoms with Crippen LogP contribution in [0.25, 0.3) is 10.9 Å². The number of carbonyl (C=O) groups excluding carboxylic acids is 1. The molecule has 0 fully saturated rings. The number of alkyl halides is 3. The number of para-hydroxylation sites is 1. The Balaban J connectivity index is 2.86. The number of rotatable bonds is 1. The monoisotopic (exact) mass is 255 g/mol. The van der Waals surface area contributed by atoms with Crippen molar-refractivity contribution in [3.8, 4) is 0 Å². The Kier molecular flexibility index (Phi) is 2.68. The molecular weight excluding hydrogens is 247 g/mol. The molecule has 0 radical (unpaired) electrons. The minimum absolute atomic E-state index is 0.0785. The van der Waals surface area contributed by atoms with Crippen LogP contribution in [0, 0.1) is 0 Å². The number of ketones is 1. The average Bonchev–Trinajstić information content (AvgIpc) is 2.26. The molecule has 0 aliphatic heterocycles.